The van der Waals surface area contributed by atoms with Crippen molar-refractivity contribution >= 4 is 11.6 Å². The average molecular weight is 336 g/mol. The van der Waals surface area contributed by atoms with E-state index in [1.54, 1.807) is 12.5 Å². The van der Waals surface area contributed by atoms with Crippen LogP contribution in [0.1, 0.15) is 42.9 Å². The molecular formula is C18H20N6O. The summed E-state index contributed by atoms with van der Waals surface area (Å²) in [6.07, 6.45) is 5.57. The van der Waals surface area contributed by atoms with Gasteiger partial charge in [-0.3, -0.25) is 9.20 Å². The Labute approximate surface area is 145 Å². The van der Waals surface area contributed by atoms with Gasteiger partial charge in [0.2, 0.25) is 0 Å². The fraction of sp³-hybridized carbons (Fsp3) is 0.389. The van der Waals surface area contributed by atoms with E-state index in [0.717, 1.165) is 18.5 Å². The minimum Gasteiger partial charge on any atom is -0.345 e. The molecule has 0 unspecified atom stereocenters. The van der Waals surface area contributed by atoms with Crippen LogP contribution in [0.5, 0.6) is 0 Å². The number of carbonyl (C=O) groups is 1. The van der Waals surface area contributed by atoms with E-state index in [0.29, 0.717) is 28.6 Å². The summed E-state index contributed by atoms with van der Waals surface area (Å²) in [7, 11) is 0. The van der Waals surface area contributed by atoms with Gasteiger partial charge in [0.1, 0.15) is 12.0 Å². The van der Waals surface area contributed by atoms with Crippen LogP contribution >= 0.6 is 0 Å². The fourth-order valence-corrected chi connectivity index (χ4v) is 3.11. The van der Waals surface area contributed by atoms with E-state index in [1.165, 1.54) is 0 Å². The Balaban J connectivity index is 1.75. The summed E-state index contributed by atoms with van der Waals surface area (Å²) >= 11 is 0. The van der Waals surface area contributed by atoms with Crippen LogP contribution in [0.25, 0.3) is 17.0 Å². The number of nitrogens with one attached hydrogen (secondary N) is 1. The predicted octanol–water partition coefficient (Wildman–Crippen LogP) is 2.41. The molecule has 0 spiro atoms. The molecule has 0 radical (unpaired) electrons. The maximum absolute atomic E-state index is 12.8. The number of carbonyl (C=O) groups excluding carboxylic acids is 1. The molecule has 3 aromatic rings. The highest BCUT2D eigenvalue weighted by atomic mass is 16.2. The third-order valence-electron chi connectivity index (χ3n) is 4.78. The van der Waals surface area contributed by atoms with E-state index in [2.05, 4.69) is 39.3 Å². The molecule has 1 amide bonds. The lowest BCUT2D eigenvalue weighted by molar-refractivity contribution is 0.0900. The first-order valence-electron chi connectivity index (χ1n) is 8.41. The lowest BCUT2D eigenvalue weighted by Crippen LogP contribution is -2.45. The van der Waals surface area contributed by atoms with Crippen molar-refractivity contribution in [2.45, 2.75) is 39.2 Å². The zero-order valence-corrected chi connectivity index (χ0v) is 14.5. The van der Waals surface area contributed by atoms with Crippen molar-refractivity contribution in [2.75, 3.05) is 0 Å². The number of aryl methyl sites for hydroxylation is 1. The molecule has 0 aromatic carbocycles. The van der Waals surface area contributed by atoms with Crippen molar-refractivity contribution in [3.05, 3.63) is 42.1 Å². The molecule has 0 saturated heterocycles. The Morgan fingerprint density at radius 1 is 1.32 bits per heavy atom. The quantitative estimate of drug-likeness (QED) is 0.791. The van der Waals surface area contributed by atoms with Crippen molar-refractivity contribution in [1.29, 1.82) is 0 Å². The number of imidazole rings is 1. The summed E-state index contributed by atoms with van der Waals surface area (Å²) in [6, 6.07) is 5.57. The van der Waals surface area contributed by atoms with Crippen molar-refractivity contribution in [3.63, 3.8) is 0 Å². The molecule has 4 rings (SSSR count). The first-order valence-corrected chi connectivity index (χ1v) is 8.41. The second-order valence-corrected chi connectivity index (χ2v) is 7.13. The molecule has 7 heteroatoms. The van der Waals surface area contributed by atoms with Gasteiger partial charge in [0.25, 0.3) is 5.91 Å². The molecule has 3 aromatic heterocycles. The van der Waals surface area contributed by atoms with Crippen molar-refractivity contribution < 1.29 is 4.79 Å². The summed E-state index contributed by atoms with van der Waals surface area (Å²) in [5.41, 5.74) is 2.91. The summed E-state index contributed by atoms with van der Waals surface area (Å²) in [5, 5.41) is 11.1. The van der Waals surface area contributed by atoms with Crippen molar-refractivity contribution in [1.82, 2.24) is 29.9 Å². The number of nitrogens with zero attached hydrogens (tertiary/aromatic N) is 5. The zero-order chi connectivity index (χ0) is 17.6. The summed E-state index contributed by atoms with van der Waals surface area (Å²) in [4.78, 5) is 21.7. The Morgan fingerprint density at radius 2 is 2.12 bits per heavy atom. The van der Waals surface area contributed by atoms with Crippen molar-refractivity contribution in [3.8, 4) is 11.4 Å². The average Bonchev–Trinajstić information content (AvgIpc) is 3.36. The number of rotatable bonds is 4. The highest BCUT2D eigenvalue weighted by Crippen LogP contribution is 2.39. The Morgan fingerprint density at radius 3 is 2.80 bits per heavy atom. The number of hydrogen-bond donors (Lipinski definition) is 1. The molecule has 7 nitrogen and oxygen atoms in total. The smallest absolute Gasteiger partial charge is 0.274 e. The summed E-state index contributed by atoms with van der Waals surface area (Å²) in [6.45, 7) is 6.07. The largest absolute Gasteiger partial charge is 0.345 e. The summed E-state index contributed by atoms with van der Waals surface area (Å²) < 4.78 is 1.82. The van der Waals surface area contributed by atoms with Crippen molar-refractivity contribution in [2.24, 2.45) is 5.92 Å². The Kier molecular flexibility index (Phi) is 3.52. The van der Waals surface area contributed by atoms with Gasteiger partial charge in [0.15, 0.2) is 11.3 Å². The van der Waals surface area contributed by atoms with Gasteiger partial charge in [-0.2, -0.15) is 5.10 Å². The number of amides is 1. The van der Waals surface area contributed by atoms with Gasteiger partial charge in [-0.1, -0.05) is 0 Å². The highest BCUT2D eigenvalue weighted by molar-refractivity contribution is 5.98. The van der Waals surface area contributed by atoms with Crippen LogP contribution in [-0.4, -0.2) is 36.0 Å². The van der Waals surface area contributed by atoms with Crippen LogP contribution in [0.15, 0.2) is 30.7 Å². The molecule has 128 valence electrons. The van der Waals surface area contributed by atoms with Gasteiger partial charge in [-0.15, -0.1) is 5.10 Å². The Hall–Kier alpha value is -2.83. The van der Waals surface area contributed by atoms with Crippen LogP contribution in [0, 0.1) is 12.8 Å². The SMILES string of the molecule is Cc1cc(-c2cccnn2)nc2c(C(=O)NC(C)(C)C3CC3)ncn12. The van der Waals surface area contributed by atoms with Gasteiger partial charge < -0.3 is 5.32 Å². The standard InChI is InChI=1S/C18H20N6O/c1-11-9-14(13-5-4-8-20-23-13)21-16-15(19-10-24(11)16)17(25)22-18(2,3)12-6-7-12/h4-5,8-10,12H,6-7H2,1-3H3,(H,22,25). The van der Waals surface area contributed by atoms with E-state index in [9.17, 15) is 4.79 Å². The minimum absolute atomic E-state index is 0.192. The number of hydrogen-bond acceptors (Lipinski definition) is 5. The van der Waals surface area contributed by atoms with Gasteiger partial charge in [0, 0.05) is 17.4 Å². The molecule has 25 heavy (non-hydrogen) atoms. The van der Waals surface area contributed by atoms with E-state index in [1.807, 2.05) is 29.5 Å². The van der Waals surface area contributed by atoms with Gasteiger partial charge >= 0.3 is 0 Å². The van der Waals surface area contributed by atoms with Crippen LogP contribution < -0.4 is 5.32 Å². The molecule has 1 saturated carbocycles. The molecule has 0 atom stereocenters. The number of fused-ring (bicyclic) bond motifs is 1. The third-order valence-corrected chi connectivity index (χ3v) is 4.78. The van der Waals surface area contributed by atoms with Crippen LogP contribution in [-0.2, 0) is 0 Å². The molecule has 1 aliphatic carbocycles. The predicted molar refractivity (Wildman–Crippen MR) is 93.0 cm³/mol. The first-order chi connectivity index (χ1) is 12.0. The normalized spacial score (nSPS) is 14.7. The zero-order valence-electron chi connectivity index (χ0n) is 14.5. The van der Waals surface area contributed by atoms with E-state index in [4.69, 9.17) is 0 Å². The molecule has 3 heterocycles. The Bertz CT molecular complexity index is 943. The molecule has 1 fully saturated rings. The maximum atomic E-state index is 12.8. The van der Waals surface area contributed by atoms with Gasteiger partial charge in [0.05, 0.1) is 5.69 Å². The van der Waals surface area contributed by atoms with Crippen LogP contribution in [0.2, 0.25) is 0 Å². The second kappa shape index (κ2) is 5.61. The summed E-state index contributed by atoms with van der Waals surface area (Å²) in [5.74, 6) is 0.345. The second-order valence-electron chi connectivity index (χ2n) is 7.13. The van der Waals surface area contributed by atoms with Crippen LogP contribution in [0.3, 0.4) is 0 Å². The lowest BCUT2D eigenvalue weighted by Gasteiger charge is -2.25. The fourth-order valence-electron chi connectivity index (χ4n) is 3.11. The topological polar surface area (TPSA) is 85.1 Å². The molecule has 0 bridgehead atoms. The van der Waals surface area contributed by atoms with Gasteiger partial charge in [-0.05, 0) is 57.7 Å². The van der Waals surface area contributed by atoms with Crippen LogP contribution in [0.4, 0.5) is 0 Å². The van der Waals surface area contributed by atoms with E-state index < -0.39 is 0 Å². The molecule has 0 aliphatic heterocycles. The van der Waals surface area contributed by atoms with E-state index >= 15 is 0 Å². The number of aromatic nitrogens is 5. The van der Waals surface area contributed by atoms with E-state index in [-0.39, 0.29) is 11.4 Å². The lowest BCUT2D eigenvalue weighted by atomic mass is 9.98. The first kappa shape index (κ1) is 15.7. The highest BCUT2D eigenvalue weighted by Gasteiger charge is 2.39. The minimum atomic E-state index is -0.232. The molecule has 1 aliphatic rings. The maximum Gasteiger partial charge on any atom is 0.274 e. The monoisotopic (exact) mass is 336 g/mol. The molecule has 1 N–H and O–H groups in total. The molecular weight excluding hydrogens is 316 g/mol. The van der Waals surface area contributed by atoms with Gasteiger partial charge in [-0.25, -0.2) is 9.97 Å². The third kappa shape index (κ3) is 2.86.